The lowest BCUT2D eigenvalue weighted by atomic mass is 10.3. The Hall–Kier alpha value is -1.51. The van der Waals surface area contributed by atoms with Crippen LogP contribution in [-0.4, -0.2) is 44.4 Å². The van der Waals surface area contributed by atoms with Crippen molar-refractivity contribution in [2.75, 3.05) is 19.7 Å². The number of ether oxygens (including phenoxy) is 1. The average molecular weight is 287 g/mol. The standard InChI is InChI=1S/C11H14FN3O3S/c12-8-1-3-9(4-2-8)19(16,17)15-5-6-18-10(7-15)11(13)14/h1-4,10H,5-7H2,(H3,13,14). The van der Waals surface area contributed by atoms with Gasteiger partial charge in [0.25, 0.3) is 0 Å². The van der Waals surface area contributed by atoms with Crippen LogP contribution in [0.3, 0.4) is 0 Å². The van der Waals surface area contributed by atoms with E-state index in [0.717, 1.165) is 12.1 Å². The third kappa shape index (κ3) is 2.91. The monoisotopic (exact) mass is 287 g/mol. The zero-order valence-electron chi connectivity index (χ0n) is 10.0. The van der Waals surface area contributed by atoms with Crippen molar-refractivity contribution in [3.63, 3.8) is 0 Å². The molecule has 1 saturated heterocycles. The van der Waals surface area contributed by atoms with Gasteiger partial charge in [-0.2, -0.15) is 4.31 Å². The van der Waals surface area contributed by atoms with Crippen LogP contribution >= 0.6 is 0 Å². The Bertz CT molecular complexity index is 573. The Morgan fingerprint density at radius 2 is 2.05 bits per heavy atom. The molecule has 1 unspecified atom stereocenters. The molecule has 0 bridgehead atoms. The molecule has 0 amide bonds. The smallest absolute Gasteiger partial charge is 0.243 e. The van der Waals surface area contributed by atoms with Crippen LogP contribution in [0.1, 0.15) is 0 Å². The predicted molar refractivity (Wildman–Crippen MR) is 66.8 cm³/mol. The Labute approximate surface area is 110 Å². The summed E-state index contributed by atoms with van der Waals surface area (Å²) in [6, 6.07) is 4.61. The maximum Gasteiger partial charge on any atom is 0.243 e. The SMILES string of the molecule is N=C(N)C1CN(S(=O)(=O)c2ccc(F)cc2)CCO1. The molecule has 19 heavy (non-hydrogen) atoms. The van der Waals surface area contributed by atoms with Crippen LogP contribution in [-0.2, 0) is 14.8 Å². The van der Waals surface area contributed by atoms with Gasteiger partial charge in [-0.1, -0.05) is 0 Å². The molecule has 1 atom stereocenters. The van der Waals surface area contributed by atoms with Crippen LogP contribution in [0.2, 0.25) is 0 Å². The first-order valence-corrected chi connectivity index (χ1v) is 7.06. The lowest BCUT2D eigenvalue weighted by molar-refractivity contribution is 0.0368. The van der Waals surface area contributed by atoms with E-state index in [-0.39, 0.29) is 30.4 Å². The van der Waals surface area contributed by atoms with Gasteiger partial charge in [0.05, 0.1) is 11.5 Å². The Kier molecular flexibility index (Phi) is 3.83. The van der Waals surface area contributed by atoms with Crippen LogP contribution in [0.4, 0.5) is 4.39 Å². The molecule has 1 fully saturated rings. The molecule has 1 aromatic rings. The van der Waals surface area contributed by atoms with E-state index in [1.165, 1.54) is 16.4 Å². The molecule has 0 spiro atoms. The summed E-state index contributed by atoms with van der Waals surface area (Å²) in [6.45, 7) is 0.350. The van der Waals surface area contributed by atoms with E-state index in [0.29, 0.717) is 0 Å². The van der Waals surface area contributed by atoms with E-state index in [4.69, 9.17) is 15.9 Å². The fourth-order valence-electron chi connectivity index (χ4n) is 1.79. The molecule has 3 N–H and O–H groups in total. The number of nitrogens with one attached hydrogen (secondary N) is 1. The summed E-state index contributed by atoms with van der Waals surface area (Å²) < 4.78 is 43.8. The van der Waals surface area contributed by atoms with E-state index in [9.17, 15) is 12.8 Å². The molecule has 1 heterocycles. The van der Waals surface area contributed by atoms with Crippen LogP contribution < -0.4 is 5.73 Å². The van der Waals surface area contributed by atoms with Crippen molar-refractivity contribution in [2.45, 2.75) is 11.0 Å². The summed E-state index contributed by atoms with van der Waals surface area (Å²) in [7, 11) is -3.71. The molecule has 8 heteroatoms. The quantitative estimate of drug-likeness (QED) is 0.611. The van der Waals surface area contributed by atoms with Crippen molar-refractivity contribution in [2.24, 2.45) is 5.73 Å². The van der Waals surface area contributed by atoms with Gasteiger partial charge in [0.2, 0.25) is 10.0 Å². The van der Waals surface area contributed by atoms with Gasteiger partial charge in [0, 0.05) is 13.1 Å². The molecule has 6 nitrogen and oxygen atoms in total. The number of morpholine rings is 1. The molecule has 2 rings (SSSR count). The van der Waals surface area contributed by atoms with Crippen molar-refractivity contribution in [1.82, 2.24) is 4.31 Å². The lowest BCUT2D eigenvalue weighted by Gasteiger charge is -2.31. The van der Waals surface area contributed by atoms with E-state index in [2.05, 4.69) is 0 Å². The minimum atomic E-state index is -3.71. The zero-order valence-corrected chi connectivity index (χ0v) is 10.9. The summed E-state index contributed by atoms with van der Waals surface area (Å²) in [5, 5.41) is 7.30. The molecule has 104 valence electrons. The number of sulfonamides is 1. The molecule has 1 aliphatic heterocycles. The second-order valence-corrected chi connectivity index (χ2v) is 6.07. The van der Waals surface area contributed by atoms with E-state index in [1.807, 2.05) is 0 Å². The topological polar surface area (TPSA) is 96.5 Å². The van der Waals surface area contributed by atoms with E-state index >= 15 is 0 Å². The van der Waals surface area contributed by atoms with Gasteiger partial charge in [0.1, 0.15) is 17.8 Å². The van der Waals surface area contributed by atoms with Gasteiger partial charge < -0.3 is 10.5 Å². The first kappa shape index (κ1) is 13.9. The van der Waals surface area contributed by atoms with Crippen LogP contribution in [0, 0.1) is 11.2 Å². The normalized spacial score (nSPS) is 21.2. The first-order valence-electron chi connectivity index (χ1n) is 5.62. The number of amidine groups is 1. The van der Waals surface area contributed by atoms with Gasteiger partial charge in [-0.25, -0.2) is 12.8 Å². The van der Waals surface area contributed by atoms with Gasteiger partial charge in [-0.05, 0) is 24.3 Å². The van der Waals surface area contributed by atoms with Crippen LogP contribution in [0.15, 0.2) is 29.2 Å². The van der Waals surface area contributed by atoms with Crippen molar-refractivity contribution in [3.8, 4) is 0 Å². The average Bonchev–Trinajstić information content (AvgIpc) is 2.39. The van der Waals surface area contributed by atoms with Crippen molar-refractivity contribution in [1.29, 1.82) is 5.41 Å². The molecular formula is C11H14FN3O3S. The van der Waals surface area contributed by atoms with Gasteiger partial charge in [-0.3, -0.25) is 5.41 Å². The molecular weight excluding hydrogens is 273 g/mol. The van der Waals surface area contributed by atoms with Gasteiger partial charge in [-0.15, -0.1) is 0 Å². The Morgan fingerprint density at radius 3 is 2.63 bits per heavy atom. The van der Waals surface area contributed by atoms with E-state index < -0.39 is 21.9 Å². The summed E-state index contributed by atoms with van der Waals surface area (Å²) in [6.07, 6.45) is -0.732. The lowest BCUT2D eigenvalue weighted by Crippen LogP contribution is -2.50. The van der Waals surface area contributed by atoms with Crippen molar-refractivity contribution in [3.05, 3.63) is 30.1 Å². The number of hydrogen-bond donors (Lipinski definition) is 2. The number of hydrogen-bond acceptors (Lipinski definition) is 4. The summed E-state index contributed by atoms with van der Waals surface area (Å²) in [5.74, 6) is -0.707. The van der Waals surface area contributed by atoms with E-state index in [1.54, 1.807) is 0 Å². The molecule has 1 aromatic carbocycles. The Balaban J connectivity index is 2.24. The number of rotatable bonds is 3. The first-order chi connectivity index (χ1) is 8.91. The minimum Gasteiger partial charge on any atom is -0.385 e. The number of nitrogens with two attached hydrogens (primary N) is 1. The van der Waals surface area contributed by atoms with Crippen molar-refractivity contribution >= 4 is 15.9 Å². The van der Waals surface area contributed by atoms with Gasteiger partial charge in [0.15, 0.2) is 0 Å². The third-order valence-corrected chi connectivity index (χ3v) is 4.71. The van der Waals surface area contributed by atoms with Crippen LogP contribution in [0.25, 0.3) is 0 Å². The molecule has 0 radical (unpaired) electrons. The zero-order chi connectivity index (χ0) is 14.0. The Morgan fingerprint density at radius 1 is 1.42 bits per heavy atom. The second kappa shape index (κ2) is 5.24. The molecule has 0 aliphatic carbocycles. The third-order valence-electron chi connectivity index (χ3n) is 2.83. The summed E-state index contributed by atoms with van der Waals surface area (Å²) in [5.41, 5.74) is 5.32. The largest absolute Gasteiger partial charge is 0.385 e. The number of halogens is 1. The highest BCUT2D eigenvalue weighted by Crippen LogP contribution is 2.19. The van der Waals surface area contributed by atoms with Crippen LogP contribution in [0.5, 0.6) is 0 Å². The predicted octanol–water partition coefficient (Wildman–Crippen LogP) is 0.151. The highest BCUT2D eigenvalue weighted by molar-refractivity contribution is 7.89. The highest BCUT2D eigenvalue weighted by atomic mass is 32.2. The fourth-order valence-corrected chi connectivity index (χ4v) is 3.21. The van der Waals surface area contributed by atoms with Crippen molar-refractivity contribution < 1.29 is 17.5 Å². The number of benzene rings is 1. The molecule has 0 saturated carbocycles. The minimum absolute atomic E-state index is 0.00492. The number of nitrogens with zero attached hydrogens (tertiary/aromatic N) is 1. The maximum absolute atomic E-state index is 12.8. The highest BCUT2D eigenvalue weighted by Gasteiger charge is 2.31. The fraction of sp³-hybridized carbons (Fsp3) is 0.364. The molecule has 1 aliphatic rings. The molecule has 0 aromatic heterocycles. The summed E-state index contributed by atoms with van der Waals surface area (Å²) in [4.78, 5) is 0.0121. The van der Waals surface area contributed by atoms with Gasteiger partial charge >= 0.3 is 0 Å². The second-order valence-electron chi connectivity index (χ2n) is 4.13. The maximum atomic E-state index is 12.8. The summed E-state index contributed by atoms with van der Waals surface area (Å²) >= 11 is 0.